The zero-order valence-electron chi connectivity index (χ0n) is 16.1. The monoisotopic (exact) mass is 415 g/mol. The molecule has 1 aromatic heterocycles. The lowest BCUT2D eigenvalue weighted by atomic mass is 10.1. The van der Waals surface area contributed by atoms with Crippen LogP contribution in [-0.4, -0.2) is 27.8 Å². The second-order valence-electron chi connectivity index (χ2n) is 6.56. The number of nitrogens with one attached hydrogen (secondary N) is 2. The van der Waals surface area contributed by atoms with E-state index in [1.165, 1.54) is 11.9 Å². The second-order valence-corrected chi connectivity index (χ2v) is 6.56. The average molecular weight is 415 g/mol. The zero-order chi connectivity index (χ0) is 21.6. The fraction of sp³-hybridized carbons (Fsp3) is 0.190. The van der Waals surface area contributed by atoms with Gasteiger partial charge in [-0.2, -0.15) is 13.2 Å². The lowest BCUT2D eigenvalue weighted by Crippen LogP contribution is -2.30. The molecule has 3 rings (SSSR count). The van der Waals surface area contributed by atoms with E-state index in [1.54, 1.807) is 24.3 Å². The van der Waals surface area contributed by atoms with Gasteiger partial charge in [-0.05, 0) is 11.1 Å². The third-order valence-corrected chi connectivity index (χ3v) is 4.23. The standard InChI is InChI=1S/C21H20F3N5O/c1-29(14-16-10-6-3-7-11-16)19(30)17-13-25-20(27-18(17)21(22,23)24)28-26-12-15-8-4-2-5-9-15/h2-11,13,26H,12,14H2,1H3,(H,25,27,28). The van der Waals surface area contributed by atoms with Crippen molar-refractivity contribution in [3.05, 3.63) is 89.2 Å². The highest BCUT2D eigenvalue weighted by molar-refractivity contribution is 5.95. The van der Waals surface area contributed by atoms with Crippen molar-refractivity contribution < 1.29 is 18.0 Å². The van der Waals surface area contributed by atoms with Gasteiger partial charge in [-0.3, -0.25) is 10.2 Å². The number of alkyl halides is 3. The van der Waals surface area contributed by atoms with E-state index in [2.05, 4.69) is 20.8 Å². The number of carbonyl (C=O) groups is 1. The van der Waals surface area contributed by atoms with E-state index in [-0.39, 0.29) is 12.5 Å². The molecule has 0 radical (unpaired) electrons. The van der Waals surface area contributed by atoms with Gasteiger partial charge in [-0.15, -0.1) is 0 Å². The van der Waals surface area contributed by atoms with Gasteiger partial charge in [0, 0.05) is 26.3 Å². The Hall–Kier alpha value is -3.46. The van der Waals surface area contributed by atoms with E-state index >= 15 is 0 Å². The quantitative estimate of drug-likeness (QED) is 0.573. The SMILES string of the molecule is CN(Cc1ccccc1)C(=O)c1cnc(NNCc2ccccc2)nc1C(F)(F)F. The molecule has 1 amide bonds. The highest BCUT2D eigenvalue weighted by Gasteiger charge is 2.38. The molecule has 2 N–H and O–H groups in total. The molecule has 0 saturated carbocycles. The minimum atomic E-state index is -4.81. The van der Waals surface area contributed by atoms with E-state index in [0.717, 1.165) is 17.3 Å². The van der Waals surface area contributed by atoms with E-state index in [9.17, 15) is 18.0 Å². The molecule has 0 spiro atoms. The minimum absolute atomic E-state index is 0.162. The summed E-state index contributed by atoms with van der Waals surface area (Å²) in [5, 5.41) is 0. The molecule has 0 unspecified atom stereocenters. The summed E-state index contributed by atoms with van der Waals surface area (Å²) in [6, 6.07) is 18.3. The summed E-state index contributed by atoms with van der Waals surface area (Å²) < 4.78 is 40.7. The number of halogens is 3. The summed E-state index contributed by atoms with van der Waals surface area (Å²) in [4.78, 5) is 21.2. The van der Waals surface area contributed by atoms with Crippen molar-refractivity contribution >= 4 is 11.9 Å². The first-order valence-corrected chi connectivity index (χ1v) is 9.11. The first-order valence-electron chi connectivity index (χ1n) is 9.11. The normalized spacial score (nSPS) is 11.2. The smallest absolute Gasteiger partial charge is 0.337 e. The number of rotatable bonds is 7. The Labute approximate surface area is 171 Å². The summed E-state index contributed by atoms with van der Waals surface area (Å²) >= 11 is 0. The topological polar surface area (TPSA) is 70.2 Å². The third kappa shape index (κ3) is 5.54. The number of hydrazine groups is 1. The Kier molecular flexibility index (Phi) is 6.63. The Morgan fingerprint density at radius 3 is 2.20 bits per heavy atom. The van der Waals surface area contributed by atoms with Crippen molar-refractivity contribution in [1.82, 2.24) is 20.3 Å². The molecule has 3 aromatic rings. The maximum atomic E-state index is 13.6. The Bertz CT molecular complexity index is 981. The van der Waals surface area contributed by atoms with Gasteiger partial charge in [0.15, 0.2) is 5.69 Å². The summed E-state index contributed by atoms with van der Waals surface area (Å²) in [7, 11) is 1.43. The predicted octanol–water partition coefficient (Wildman–Crippen LogP) is 3.88. The number of amides is 1. The van der Waals surface area contributed by atoms with Crippen molar-refractivity contribution in [3.8, 4) is 0 Å². The van der Waals surface area contributed by atoms with Gasteiger partial charge in [0.1, 0.15) is 0 Å². The van der Waals surface area contributed by atoms with Crippen LogP contribution in [0.1, 0.15) is 27.2 Å². The molecular weight excluding hydrogens is 395 g/mol. The van der Waals surface area contributed by atoms with Crippen LogP contribution in [0.15, 0.2) is 66.9 Å². The molecule has 0 saturated heterocycles. The van der Waals surface area contributed by atoms with E-state index in [4.69, 9.17) is 0 Å². The highest BCUT2D eigenvalue weighted by Crippen LogP contribution is 2.31. The van der Waals surface area contributed by atoms with Crippen molar-refractivity contribution in [1.29, 1.82) is 0 Å². The van der Waals surface area contributed by atoms with Gasteiger partial charge in [-0.25, -0.2) is 15.4 Å². The van der Waals surface area contributed by atoms with Gasteiger partial charge < -0.3 is 4.90 Å². The average Bonchev–Trinajstić information content (AvgIpc) is 2.74. The van der Waals surface area contributed by atoms with Crippen LogP contribution in [0.5, 0.6) is 0 Å². The van der Waals surface area contributed by atoms with E-state index < -0.39 is 23.3 Å². The molecule has 9 heteroatoms. The Morgan fingerprint density at radius 1 is 1.00 bits per heavy atom. The minimum Gasteiger partial charge on any atom is -0.337 e. The second kappa shape index (κ2) is 9.36. The first-order chi connectivity index (χ1) is 14.3. The van der Waals surface area contributed by atoms with Crippen molar-refractivity contribution in [2.24, 2.45) is 0 Å². The van der Waals surface area contributed by atoms with Crippen LogP contribution in [0.25, 0.3) is 0 Å². The van der Waals surface area contributed by atoms with Gasteiger partial charge >= 0.3 is 6.18 Å². The molecule has 0 bridgehead atoms. The van der Waals surface area contributed by atoms with Crippen LogP contribution >= 0.6 is 0 Å². The fourth-order valence-electron chi connectivity index (χ4n) is 2.77. The summed E-state index contributed by atoms with van der Waals surface area (Å²) in [5.41, 5.74) is 5.14. The van der Waals surface area contributed by atoms with Crippen molar-refractivity contribution in [3.63, 3.8) is 0 Å². The lowest BCUT2D eigenvalue weighted by molar-refractivity contribution is -0.141. The number of aromatic nitrogens is 2. The molecule has 0 atom stereocenters. The maximum Gasteiger partial charge on any atom is 0.434 e. The molecule has 2 aromatic carbocycles. The molecule has 0 aliphatic heterocycles. The van der Waals surface area contributed by atoms with E-state index in [1.807, 2.05) is 36.4 Å². The number of anilines is 1. The van der Waals surface area contributed by atoms with Gasteiger partial charge in [0.25, 0.3) is 5.91 Å². The van der Waals surface area contributed by atoms with Crippen LogP contribution in [0.4, 0.5) is 19.1 Å². The molecule has 6 nitrogen and oxygen atoms in total. The molecule has 30 heavy (non-hydrogen) atoms. The zero-order valence-corrected chi connectivity index (χ0v) is 16.1. The van der Waals surface area contributed by atoms with Crippen LogP contribution in [0.2, 0.25) is 0 Å². The highest BCUT2D eigenvalue weighted by atomic mass is 19.4. The molecule has 0 aliphatic carbocycles. The summed E-state index contributed by atoms with van der Waals surface area (Å²) in [5.74, 6) is -1.09. The van der Waals surface area contributed by atoms with Crippen molar-refractivity contribution in [2.75, 3.05) is 12.5 Å². The molecule has 156 valence electrons. The van der Waals surface area contributed by atoms with Crippen LogP contribution in [0.3, 0.4) is 0 Å². The van der Waals surface area contributed by atoms with Crippen LogP contribution in [-0.2, 0) is 19.3 Å². The number of hydrogen-bond acceptors (Lipinski definition) is 5. The van der Waals surface area contributed by atoms with Crippen LogP contribution in [0, 0.1) is 0 Å². The first kappa shape index (κ1) is 21.3. The number of carbonyl (C=O) groups excluding carboxylic acids is 1. The third-order valence-electron chi connectivity index (χ3n) is 4.23. The number of benzene rings is 2. The van der Waals surface area contributed by atoms with Crippen LogP contribution < -0.4 is 10.9 Å². The predicted molar refractivity (Wildman–Crippen MR) is 106 cm³/mol. The maximum absolute atomic E-state index is 13.6. The molecule has 0 fully saturated rings. The summed E-state index contributed by atoms with van der Waals surface area (Å²) in [6.45, 7) is 0.516. The Balaban J connectivity index is 1.74. The summed E-state index contributed by atoms with van der Waals surface area (Å²) in [6.07, 6.45) is -3.91. The van der Waals surface area contributed by atoms with Crippen molar-refractivity contribution in [2.45, 2.75) is 19.3 Å². The fourth-order valence-corrected chi connectivity index (χ4v) is 2.77. The number of hydrogen-bond donors (Lipinski definition) is 2. The number of nitrogens with zero attached hydrogens (tertiary/aromatic N) is 3. The molecule has 1 heterocycles. The lowest BCUT2D eigenvalue weighted by Gasteiger charge is -2.20. The van der Waals surface area contributed by atoms with Gasteiger partial charge in [0.2, 0.25) is 5.95 Å². The van der Waals surface area contributed by atoms with Gasteiger partial charge in [-0.1, -0.05) is 60.7 Å². The Morgan fingerprint density at radius 2 is 1.60 bits per heavy atom. The molecule has 0 aliphatic rings. The molecular formula is C21H20F3N5O. The largest absolute Gasteiger partial charge is 0.434 e. The van der Waals surface area contributed by atoms with Gasteiger partial charge in [0.05, 0.1) is 5.56 Å². The van der Waals surface area contributed by atoms with E-state index in [0.29, 0.717) is 6.54 Å².